The van der Waals surface area contributed by atoms with Crippen LogP contribution in [0.25, 0.3) is 0 Å². The van der Waals surface area contributed by atoms with Gasteiger partial charge >= 0.3 is 0 Å². The normalized spacial score (nSPS) is 11.5. The van der Waals surface area contributed by atoms with E-state index in [-0.39, 0.29) is 6.10 Å². The maximum Gasteiger partial charge on any atom is 0.121 e. The van der Waals surface area contributed by atoms with Crippen molar-refractivity contribution >= 4 is 5.69 Å². The number of hydrogen-bond acceptors (Lipinski definition) is 4. The van der Waals surface area contributed by atoms with Crippen LogP contribution in [0.4, 0.5) is 5.69 Å². The van der Waals surface area contributed by atoms with Gasteiger partial charge < -0.3 is 19.5 Å². The van der Waals surface area contributed by atoms with Crippen LogP contribution in [0.2, 0.25) is 0 Å². The fourth-order valence-corrected chi connectivity index (χ4v) is 2.82. The van der Waals surface area contributed by atoms with E-state index >= 15 is 0 Å². The molecule has 4 nitrogen and oxygen atoms in total. The number of ether oxygens (including phenoxy) is 3. The van der Waals surface area contributed by atoms with E-state index in [9.17, 15) is 0 Å². The van der Waals surface area contributed by atoms with E-state index in [0.29, 0.717) is 13.2 Å². The van der Waals surface area contributed by atoms with E-state index < -0.39 is 0 Å². The van der Waals surface area contributed by atoms with Gasteiger partial charge in [-0.2, -0.15) is 0 Å². The fourth-order valence-electron chi connectivity index (χ4n) is 2.82. The Balaban J connectivity index is 1.44. The highest BCUT2D eigenvalue weighted by molar-refractivity contribution is 5.48. The maximum absolute atomic E-state index is 5.93. The lowest BCUT2D eigenvalue weighted by atomic mass is 10.2. The van der Waals surface area contributed by atoms with E-state index in [1.165, 1.54) is 5.56 Å². The lowest BCUT2D eigenvalue weighted by Crippen LogP contribution is -2.22. The Kier molecular flexibility index (Phi) is 7.19. The number of anilines is 1. The van der Waals surface area contributed by atoms with Crippen molar-refractivity contribution in [3.05, 3.63) is 84.4 Å². The highest BCUT2D eigenvalue weighted by atomic mass is 16.5. The Morgan fingerprint density at radius 3 is 2.32 bits per heavy atom. The summed E-state index contributed by atoms with van der Waals surface area (Å²) in [7, 11) is 1.65. The molecule has 0 spiro atoms. The molecule has 28 heavy (non-hydrogen) atoms. The minimum Gasteiger partial charge on any atom is -0.497 e. The lowest BCUT2D eigenvalue weighted by Gasteiger charge is -2.17. The molecule has 0 bridgehead atoms. The molecule has 4 heteroatoms. The van der Waals surface area contributed by atoms with Crippen LogP contribution in [-0.4, -0.2) is 26.4 Å². The molecule has 0 aromatic heterocycles. The van der Waals surface area contributed by atoms with Crippen LogP contribution in [0, 0.1) is 0 Å². The molecule has 0 saturated heterocycles. The van der Waals surface area contributed by atoms with Gasteiger partial charge in [-0.05, 0) is 48.9 Å². The summed E-state index contributed by atoms with van der Waals surface area (Å²) >= 11 is 0. The van der Waals surface area contributed by atoms with Gasteiger partial charge in [0.25, 0.3) is 0 Å². The average molecular weight is 377 g/mol. The second-order valence-electron chi connectivity index (χ2n) is 6.60. The molecule has 3 aromatic rings. The number of rotatable bonds is 10. The van der Waals surface area contributed by atoms with Gasteiger partial charge in [0.1, 0.15) is 23.4 Å². The first-order chi connectivity index (χ1) is 13.7. The van der Waals surface area contributed by atoms with Crippen LogP contribution >= 0.6 is 0 Å². The Labute approximate surface area is 167 Å². The standard InChI is InChI=1S/C24H27NO3/c1-19(28-23-13-11-22(26-2)12-14-23)18-25-21-9-6-10-24(17-21)27-16-15-20-7-4-3-5-8-20/h3-14,17,19,25H,15-16,18H2,1-2H3. The number of hydrogen-bond donors (Lipinski definition) is 1. The predicted octanol–water partition coefficient (Wildman–Crippen LogP) is 5.20. The van der Waals surface area contributed by atoms with Gasteiger partial charge in [0.05, 0.1) is 20.3 Å². The SMILES string of the molecule is COc1ccc(OC(C)CNc2cccc(OCCc3ccccc3)c2)cc1. The van der Waals surface area contributed by atoms with Crippen LogP contribution in [0.15, 0.2) is 78.9 Å². The zero-order chi connectivity index (χ0) is 19.6. The molecule has 0 radical (unpaired) electrons. The third-order valence-corrected chi connectivity index (χ3v) is 4.33. The largest absolute Gasteiger partial charge is 0.497 e. The first kappa shape index (κ1) is 19.6. The summed E-state index contributed by atoms with van der Waals surface area (Å²) < 4.78 is 17.0. The van der Waals surface area contributed by atoms with Crippen molar-refractivity contribution in [2.24, 2.45) is 0 Å². The minimum absolute atomic E-state index is 0.0241. The third kappa shape index (κ3) is 6.23. The number of benzene rings is 3. The van der Waals surface area contributed by atoms with E-state index in [1.54, 1.807) is 7.11 Å². The van der Waals surface area contributed by atoms with E-state index in [0.717, 1.165) is 29.4 Å². The van der Waals surface area contributed by atoms with Gasteiger partial charge in [0.15, 0.2) is 0 Å². The topological polar surface area (TPSA) is 39.7 Å². The lowest BCUT2D eigenvalue weighted by molar-refractivity contribution is 0.234. The quantitative estimate of drug-likeness (QED) is 0.527. The van der Waals surface area contributed by atoms with Crippen molar-refractivity contribution < 1.29 is 14.2 Å². The molecule has 0 fully saturated rings. The van der Waals surface area contributed by atoms with Crippen molar-refractivity contribution in [2.45, 2.75) is 19.4 Å². The van der Waals surface area contributed by atoms with E-state index in [1.807, 2.05) is 61.5 Å². The highest BCUT2D eigenvalue weighted by Crippen LogP contribution is 2.20. The smallest absolute Gasteiger partial charge is 0.121 e. The van der Waals surface area contributed by atoms with Gasteiger partial charge in [-0.3, -0.25) is 0 Å². The molecule has 3 aromatic carbocycles. The number of nitrogens with one attached hydrogen (secondary N) is 1. The summed E-state index contributed by atoms with van der Waals surface area (Å²) in [5.74, 6) is 2.51. The molecule has 0 aliphatic heterocycles. The Hall–Kier alpha value is -3.14. The first-order valence-corrected chi connectivity index (χ1v) is 9.54. The summed E-state index contributed by atoms with van der Waals surface area (Å²) in [5.41, 5.74) is 2.30. The van der Waals surface area contributed by atoms with Crippen LogP contribution in [0.3, 0.4) is 0 Å². The van der Waals surface area contributed by atoms with E-state index in [2.05, 4.69) is 29.6 Å². The molecule has 3 rings (SSSR count). The van der Waals surface area contributed by atoms with Crippen LogP contribution in [0.5, 0.6) is 17.2 Å². The summed E-state index contributed by atoms with van der Waals surface area (Å²) in [6.45, 7) is 3.39. The molecule has 1 unspecified atom stereocenters. The first-order valence-electron chi connectivity index (χ1n) is 9.54. The molecule has 0 heterocycles. The number of methoxy groups -OCH3 is 1. The monoisotopic (exact) mass is 377 g/mol. The second kappa shape index (κ2) is 10.3. The van der Waals surface area contributed by atoms with Crippen LogP contribution in [-0.2, 0) is 6.42 Å². The average Bonchev–Trinajstić information content (AvgIpc) is 2.74. The summed E-state index contributed by atoms with van der Waals surface area (Å²) in [4.78, 5) is 0. The van der Waals surface area contributed by atoms with Gasteiger partial charge in [-0.25, -0.2) is 0 Å². The highest BCUT2D eigenvalue weighted by Gasteiger charge is 2.05. The zero-order valence-corrected chi connectivity index (χ0v) is 16.4. The molecule has 146 valence electrons. The van der Waals surface area contributed by atoms with Crippen LogP contribution < -0.4 is 19.5 Å². The predicted molar refractivity (Wildman–Crippen MR) is 114 cm³/mol. The van der Waals surface area contributed by atoms with Gasteiger partial charge in [-0.15, -0.1) is 0 Å². The fraction of sp³-hybridized carbons (Fsp3) is 0.250. The minimum atomic E-state index is 0.0241. The Morgan fingerprint density at radius 2 is 1.57 bits per heavy atom. The maximum atomic E-state index is 5.93. The van der Waals surface area contributed by atoms with Gasteiger partial charge in [0, 0.05) is 18.2 Å². The van der Waals surface area contributed by atoms with Crippen LogP contribution in [0.1, 0.15) is 12.5 Å². The Morgan fingerprint density at radius 1 is 0.821 bits per heavy atom. The molecule has 1 atom stereocenters. The molecule has 0 aliphatic carbocycles. The van der Waals surface area contributed by atoms with Crippen molar-refractivity contribution in [3.63, 3.8) is 0 Å². The molecular formula is C24H27NO3. The molecule has 0 amide bonds. The molecule has 0 saturated carbocycles. The third-order valence-electron chi connectivity index (χ3n) is 4.33. The van der Waals surface area contributed by atoms with Gasteiger partial charge in [0.2, 0.25) is 0 Å². The molecule has 0 aliphatic rings. The molecular weight excluding hydrogens is 350 g/mol. The second-order valence-corrected chi connectivity index (χ2v) is 6.60. The van der Waals surface area contributed by atoms with Crippen molar-refractivity contribution in [1.82, 2.24) is 0 Å². The molecule has 1 N–H and O–H groups in total. The summed E-state index contributed by atoms with van der Waals surface area (Å²) in [6.07, 6.45) is 0.918. The van der Waals surface area contributed by atoms with Crippen molar-refractivity contribution in [2.75, 3.05) is 25.6 Å². The summed E-state index contributed by atoms with van der Waals surface area (Å²) in [6, 6.07) is 26.0. The summed E-state index contributed by atoms with van der Waals surface area (Å²) in [5, 5.41) is 3.41. The van der Waals surface area contributed by atoms with Crippen molar-refractivity contribution in [1.29, 1.82) is 0 Å². The Bertz CT molecular complexity index is 834. The van der Waals surface area contributed by atoms with E-state index in [4.69, 9.17) is 14.2 Å². The zero-order valence-electron chi connectivity index (χ0n) is 16.4. The van der Waals surface area contributed by atoms with Crippen molar-refractivity contribution in [3.8, 4) is 17.2 Å². The van der Waals surface area contributed by atoms with Gasteiger partial charge in [-0.1, -0.05) is 36.4 Å².